The third-order valence-corrected chi connectivity index (χ3v) is 5.38. The van der Waals surface area contributed by atoms with Crippen LogP contribution in [-0.2, 0) is 25.1 Å². The molecule has 0 spiro atoms. The van der Waals surface area contributed by atoms with Crippen LogP contribution in [0, 0.1) is 6.92 Å². The quantitative estimate of drug-likeness (QED) is 0.686. The lowest BCUT2D eigenvalue weighted by Gasteiger charge is -2.31. The number of nitrogens with zero attached hydrogens (tertiary/aromatic N) is 3. The van der Waals surface area contributed by atoms with Crippen molar-refractivity contribution >= 4 is 11.8 Å². The minimum absolute atomic E-state index is 0.659. The molecule has 1 aliphatic rings. The van der Waals surface area contributed by atoms with Gasteiger partial charge in [-0.05, 0) is 49.4 Å². The summed E-state index contributed by atoms with van der Waals surface area (Å²) >= 11 is 0. The Morgan fingerprint density at radius 1 is 1.03 bits per heavy atom. The van der Waals surface area contributed by atoms with Gasteiger partial charge in [0.2, 0.25) is 5.95 Å². The molecule has 0 bridgehead atoms. The molecule has 1 aromatic heterocycles. The summed E-state index contributed by atoms with van der Waals surface area (Å²) in [6.07, 6.45) is 0.940. The van der Waals surface area contributed by atoms with Gasteiger partial charge in [0.1, 0.15) is 5.82 Å². The number of anilines is 2. The van der Waals surface area contributed by atoms with Gasteiger partial charge in [-0.1, -0.05) is 48.5 Å². The van der Waals surface area contributed by atoms with Crippen LogP contribution < -0.4 is 10.2 Å². The van der Waals surface area contributed by atoms with Gasteiger partial charge in [-0.25, -0.2) is 4.98 Å². The Morgan fingerprint density at radius 3 is 2.59 bits per heavy atom. The van der Waals surface area contributed by atoms with Crippen LogP contribution in [0.3, 0.4) is 0 Å². The average molecular weight is 389 g/mol. The van der Waals surface area contributed by atoms with Gasteiger partial charge in [0, 0.05) is 31.4 Å². The maximum absolute atomic E-state index is 10.3. The van der Waals surface area contributed by atoms with Gasteiger partial charge in [0.25, 0.3) is 0 Å². The molecule has 0 amide bonds. The fourth-order valence-corrected chi connectivity index (χ4v) is 3.70. The zero-order valence-electron chi connectivity index (χ0n) is 17.3. The van der Waals surface area contributed by atoms with Crippen LogP contribution in [0.2, 0.25) is 0 Å². The second-order valence-corrected chi connectivity index (χ2v) is 8.24. The Hall–Kier alpha value is -2.92. The average Bonchev–Trinajstić information content (AvgIpc) is 2.71. The van der Waals surface area contributed by atoms with Crippen molar-refractivity contribution in [3.8, 4) is 0 Å². The predicted octanol–water partition coefficient (Wildman–Crippen LogP) is 4.19. The maximum atomic E-state index is 10.3. The van der Waals surface area contributed by atoms with Crippen molar-refractivity contribution in [3.05, 3.63) is 82.5 Å². The highest BCUT2D eigenvalue weighted by Gasteiger charge is 2.22. The number of aliphatic hydroxyl groups is 1. The summed E-state index contributed by atoms with van der Waals surface area (Å²) in [6.45, 7) is 8.08. The molecule has 29 heavy (non-hydrogen) atoms. The van der Waals surface area contributed by atoms with E-state index in [-0.39, 0.29) is 0 Å². The molecule has 1 aliphatic heterocycles. The number of fused-ring (bicyclic) bond motifs is 1. The summed E-state index contributed by atoms with van der Waals surface area (Å²) in [5.41, 5.74) is 4.92. The Labute approximate surface area is 172 Å². The Balaban J connectivity index is 1.51. The largest absolute Gasteiger partial charge is 0.386 e. The van der Waals surface area contributed by atoms with Crippen molar-refractivity contribution in [1.82, 2.24) is 9.97 Å². The minimum Gasteiger partial charge on any atom is -0.386 e. The highest BCUT2D eigenvalue weighted by molar-refractivity contribution is 5.49. The van der Waals surface area contributed by atoms with Crippen molar-refractivity contribution < 1.29 is 5.11 Å². The number of aryl methyl sites for hydroxylation is 1. The molecule has 0 unspecified atom stereocenters. The summed E-state index contributed by atoms with van der Waals surface area (Å²) in [5.74, 6) is 1.61. The SMILES string of the molecule is Cc1cc(N2CCc3cc(C(C)(C)O)ccc3C2)nc(NCc2ccccc2)n1. The maximum Gasteiger partial charge on any atom is 0.225 e. The molecule has 0 saturated carbocycles. The van der Waals surface area contributed by atoms with Crippen molar-refractivity contribution in [1.29, 1.82) is 0 Å². The van der Waals surface area contributed by atoms with Gasteiger partial charge in [-0.3, -0.25) is 0 Å². The number of hydrogen-bond acceptors (Lipinski definition) is 5. The summed E-state index contributed by atoms with van der Waals surface area (Å²) in [5, 5.41) is 13.6. The first-order chi connectivity index (χ1) is 13.9. The van der Waals surface area contributed by atoms with Crippen LogP contribution in [0.5, 0.6) is 0 Å². The van der Waals surface area contributed by atoms with E-state index in [4.69, 9.17) is 4.98 Å². The summed E-state index contributed by atoms with van der Waals surface area (Å²) < 4.78 is 0. The van der Waals surface area contributed by atoms with E-state index < -0.39 is 5.60 Å². The Kier molecular flexibility index (Phi) is 5.24. The third-order valence-electron chi connectivity index (χ3n) is 5.38. The first-order valence-corrected chi connectivity index (χ1v) is 10.1. The summed E-state index contributed by atoms with van der Waals surface area (Å²) in [6, 6.07) is 18.6. The number of benzene rings is 2. The molecule has 2 heterocycles. The molecular formula is C24H28N4O. The van der Waals surface area contributed by atoms with Gasteiger partial charge in [-0.2, -0.15) is 4.98 Å². The smallest absolute Gasteiger partial charge is 0.225 e. The molecule has 0 saturated heterocycles. The Morgan fingerprint density at radius 2 is 1.83 bits per heavy atom. The lowest BCUT2D eigenvalue weighted by Crippen LogP contribution is -2.31. The molecule has 5 heteroatoms. The monoisotopic (exact) mass is 388 g/mol. The normalized spacial score (nSPS) is 13.9. The molecule has 0 fully saturated rings. The molecule has 150 valence electrons. The van der Waals surface area contributed by atoms with Crippen molar-refractivity contribution in [2.24, 2.45) is 0 Å². The van der Waals surface area contributed by atoms with E-state index in [1.54, 1.807) is 0 Å². The van der Waals surface area contributed by atoms with Gasteiger partial charge in [0.05, 0.1) is 5.60 Å². The molecule has 2 N–H and O–H groups in total. The molecular weight excluding hydrogens is 360 g/mol. The minimum atomic E-state index is -0.810. The zero-order valence-corrected chi connectivity index (χ0v) is 17.3. The number of rotatable bonds is 5. The van der Waals surface area contributed by atoms with Crippen LogP contribution in [-0.4, -0.2) is 21.6 Å². The first-order valence-electron chi connectivity index (χ1n) is 10.1. The number of hydrogen-bond donors (Lipinski definition) is 2. The van der Waals surface area contributed by atoms with E-state index in [0.29, 0.717) is 12.5 Å². The lowest BCUT2D eigenvalue weighted by atomic mass is 9.91. The standard InChI is InChI=1S/C24H28N4O/c1-17-13-22(27-23(26-17)25-15-18-7-5-4-6-8-18)28-12-11-19-14-21(24(2,3)29)10-9-20(19)16-28/h4-10,13-14,29H,11-12,15-16H2,1-3H3,(H,25,26,27). The molecule has 5 nitrogen and oxygen atoms in total. The third kappa shape index (κ3) is 4.57. The van der Waals surface area contributed by atoms with Gasteiger partial charge < -0.3 is 15.3 Å². The topological polar surface area (TPSA) is 61.3 Å². The predicted molar refractivity (Wildman–Crippen MR) is 117 cm³/mol. The molecule has 2 aromatic carbocycles. The number of aromatic nitrogens is 2. The second-order valence-electron chi connectivity index (χ2n) is 8.24. The Bertz CT molecular complexity index is 996. The fourth-order valence-electron chi connectivity index (χ4n) is 3.70. The van der Waals surface area contributed by atoms with E-state index in [9.17, 15) is 5.11 Å². The second kappa shape index (κ2) is 7.84. The zero-order chi connectivity index (χ0) is 20.4. The van der Waals surface area contributed by atoms with E-state index in [1.807, 2.05) is 51.1 Å². The van der Waals surface area contributed by atoms with Gasteiger partial charge in [0.15, 0.2) is 0 Å². The van der Waals surface area contributed by atoms with Crippen LogP contribution in [0.4, 0.5) is 11.8 Å². The van der Waals surface area contributed by atoms with Crippen molar-refractivity contribution in [2.75, 3.05) is 16.8 Å². The highest BCUT2D eigenvalue weighted by Crippen LogP contribution is 2.28. The van der Waals surface area contributed by atoms with E-state index in [1.165, 1.54) is 16.7 Å². The first kappa shape index (κ1) is 19.4. The molecule has 4 rings (SSSR count). The van der Waals surface area contributed by atoms with E-state index in [2.05, 4.69) is 39.5 Å². The van der Waals surface area contributed by atoms with E-state index >= 15 is 0 Å². The van der Waals surface area contributed by atoms with Crippen LogP contribution in [0.25, 0.3) is 0 Å². The molecule has 3 aromatic rings. The molecule has 0 atom stereocenters. The molecule has 0 radical (unpaired) electrons. The van der Waals surface area contributed by atoms with E-state index in [0.717, 1.165) is 36.6 Å². The lowest BCUT2D eigenvalue weighted by molar-refractivity contribution is 0.0785. The number of nitrogens with one attached hydrogen (secondary N) is 1. The van der Waals surface area contributed by atoms with Crippen LogP contribution in [0.1, 0.15) is 41.8 Å². The van der Waals surface area contributed by atoms with Crippen LogP contribution >= 0.6 is 0 Å². The van der Waals surface area contributed by atoms with Crippen molar-refractivity contribution in [2.45, 2.75) is 45.9 Å². The molecule has 0 aliphatic carbocycles. The van der Waals surface area contributed by atoms with Crippen molar-refractivity contribution in [3.63, 3.8) is 0 Å². The summed E-state index contributed by atoms with van der Waals surface area (Å²) in [4.78, 5) is 11.6. The van der Waals surface area contributed by atoms with Crippen LogP contribution in [0.15, 0.2) is 54.6 Å². The van der Waals surface area contributed by atoms with Gasteiger partial charge in [-0.15, -0.1) is 0 Å². The summed E-state index contributed by atoms with van der Waals surface area (Å²) in [7, 11) is 0. The highest BCUT2D eigenvalue weighted by atomic mass is 16.3. The fraction of sp³-hybridized carbons (Fsp3) is 0.333. The van der Waals surface area contributed by atoms with Gasteiger partial charge >= 0.3 is 0 Å².